The summed E-state index contributed by atoms with van der Waals surface area (Å²) < 4.78 is 1.98. The lowest BCUT2D eigenvalue weighted by Crippen LogP contribution is -2.31. The lowest BCUT2D eigenvalue weighted by molar-refractivity contribution is -0.129. The Labute approximate surface area is 144 Å². The van der Waals surface area contributed by atoms with Crippen LogP contribution in [0.1, 0.15) is 29.6 Å². The number of carbonyl (C=O) groups excluding carboxylic acids is 1. The first-order chi connectivity index (χ1) is 11.2. The molecule has 1 aliphatic heterocycles. The van der Waals surface area contributed by atoms with E-state index < -0.39 is 0 Å². The van der Waals surface area contributed by atoms with Gasteiger partial charge in [0.25, 0.3) is 0 Å². The number of hydrogen-bond donors (Lipinski definition) is 0. The molecule has 0 spiro atoms. The minimum atomic E-state index is 0.178. The van der Waals surface area contributed by atoms with Crippen LogP contribution in [0.2, 0.25) is 0 Å². The average Bonchev–Trinajstić information content (AvgIpc) is 3.26. The van der Waals surface area contributed by atoms with E-state index in [1.165, 1.54) is 16.6 Å². The minimum Gasteiger partial charge on any atom is -0.334 e. The zero-order valence-electron chi connectivity index (χ0n) is 13.1. The van der Waals surface area contributed by atoms with Gasteiger partial charge in [0.2, 0.25) is 5.91 Å². The van der Waals surface area contributed by atoms with Gasteiger partial charge in [-0.15, -0.1) is 28.1 Å². The Morgan fingerprint density at radius 3 is 3.17 bits per heavy atom. The van der Waals surface area contributed by atoms with E-state index in [-0.39, 0.29) is 11.9 Å². The zero-order chi connectivity index (χ0) is 16.2. The molecule has 3 rings (SSSR count). The molecular weight excluding hydrogens is 328 g/mol. The van der Waals surface area contributed by atoms with E-state index in [0.29, 0.717) is 12.3 Å². The molecule has 7 heteroatoms. The van der Waals surface area contributed by atoms with Gasteiger partial charge in [0.15, 0.2) is 5.16 Å². The van der Waals surface area contributed by atoms with Crippen molar-refractivity contribution in [3.63, 3.8) is 0 Å². The van der Waals surface area contributed by atoms with Gasteiger partial charge in [0.1, 0.15) is 5.82 Å². The second kappa shape index (κ2) is 7.31. The van der Waals surface area contributed by atoms with Gasteiger partial charge in [-0.05, 0) is 31.2 Å². The number of carbonyl (C=O) groups is 1. The van der Waals surface area contributed by atoms with Gasteiger partial charge in [0.05, 0.1) is 11.8 Å². The van der Waals surface area contributed by atoms with E-state index in [4.69, 9.17) is 0 Å². The highest BCUT2D eigenvalue weighted by Gasteiger charge is 2.30. The summed E-state index contributed by atoms with van der Waals surface area (Å²) in [6, 6.07) is 4.42. The molecule has 1 aliphatic rings. The summed E-state index contributed by atoms with van der Waals surface area (Å²) in [5.41, 5.74) is 0. The van der Waals surface area contributed by atoms with Gasteiger partial charge in [-0.25, -0.2) is 0 Å². The van der Waals surface area contributed by atoms with Gasteiger partial charge in [-0.1, -0.05) is 23.9 Å². The van der Waals surface area contributed by atoms with E-state index in [2.05, 4.69) is 34.3 Å². The van der Waals surface area contributed by atoms with E-state index in [1.807, 2.05) is 22.5 Å². The minimum absolute atomic E-state index is 0.178. The van der Waals surface area contributed by atoms with Crippen molar-refractivity contribution < 1.29 is 4.79 Å². The maximum atomic E-state index is 12.6. The van der Waals surface area contributed by atoms with E-state index in [9.17, 15) is 4.79 Å². The molecule has 1 fully saturated rings. The largest absolute Gasteiger partial charge is 0.334 e. The predicted octanol–water partition coefficient (Wildman–Crippen LogP) is 3.29. The first-order valence-electron chi connectivity index (χ1n) is 7.67. The van der Waals surface area contributed by atoms with Crippen molar-refractivity contribution in [3.8, 4) is 0 Å². The number of thioether (sulfide) groups is 1. The molecular formula is C16H20N4OS2. The maximum Gasteiger partial charge on any atom is 0.233 e. The average molecular weight is 348 g/mol. The molecule has 0 aliphatic carbocycles. The van der Waals surface area contributed by atoms with Crippen LogP contribution in [0.25, 0.3) is 0 Å². The normalized spacial score (nSPS) is 17.6. The number of rotatable bonds is 6. The summed E-state index contributed by atoms with van der Waals surface area (Å²) in [6.45, 7) is 7.18. The summed E-state index contributed by atoms with van der Waals surface area (Å²) in [5, 5.41) is 11.1. The van der Waals surface area contributed by atoms with E-state index in [1.54, 1.807) is 11.3 Å². The Kier molecular flexibility index (Phi) is 5.17. The molecule has 2 aromatic heterocycles. The quantitative estimate of drug-likeness (QED) is 0.594. The van der Waals surface area contributed by atoms with Crippen LogP contribution in [0.3, 0.4) is 0 Å². The number of allylic oxidation sites excluding steroid dienone is 1. The number of hydrogen-bond acceptors (Lipinski definition) is 5. The number of likely N-dealkylation sites (tertiary alicyclic amines) is 1. The number of aryl methyl sites for hydroxylation is 1. The second-order valence-corrected chi connectivity index (χ2v) is 7.40. The molecule has 0 saturated carbocycles. The summed E-state index contributed by atoms with van der Waals surface area (Å²) in [7, 11) is 0. The number of thiophene rings is 1. The first-order valence-corrected chi connectivity index (χ1v) is 9.53. The van der Waals surface area contributed by atoms with E-state index >= 15 is 0 Å². The van der Waals surface area contributed by atoms with Crippen LogP contribution >= 0.6 is 23.1 Å². The number of aromatic nitrogens is 3. The fourth-order valence-electron chi connectivity index (χ4n) is 2.86. The molecule has 1 unspecified atom stereocenters. The van der Waals surface area contributed by atoms with Crippen LogP contribution in [0, 0.1) is 6.92 Å². The molecule has 23 heavy (non-hydrogen) atoms. The van der Waals surface area contributed by atoms with Crippen molar-refractivity contribution in [2.75, 3.05) is 12.3 Å². The molecule has 2 aromatic rings. The molecule has 0 bridgehead atoms. The Balaban J connectivity index is 1.64. The Hall–Kier alpha value is -1.60. The van der Waals surface area contributed by atoms with Crippen LogP contribution < -0.4 is 0 Å². The SMILES string of the molecule is C=CCn1c(C)nnc1SCC(=O)N1CCCC1c1cccs1. The number of amides is 1. The lowest BCUT2D eigenvalue weighted by atomic mass is 10.2. The monoisotopic (exact) mass is 348 g/mol. The van der Waals surface area contributed by atoms with Gasteiger partial charge in [-0.2, -0.15) is 0 Å². The maximum absolute atomic E-state index is 12.6. The zero-order valence-corrected chi connectivity index (χ0v) is 14.8. The fraction of sp³-hybridized carbons (Fsp3) is 0.438. The smallest absolute Gasteiger partial charge is 0.233 e. The predicted molar refractivity (Wildman–Crippen MR) is 93.7 cm³/mol. The van der Waals surface area contributed by atoms with Crippen LogP contribution in [-0.4, -0.2) is 37.9 Å². The lowest BCUT2D eigenvalue weighted by Gasteiger charge is -2.23. The summed E-state index contributed by atoms with van der Waals surface area (Å²) >= 11 is 3.19. The highest BCUT2D eigenvalue weighted by atomic mass is 32.2. The highest BCUT2D eigenvalue weighted by Crippen LogP contribution is 2.35. The fourth-order valence-corrected chi connectivity index (χ4v) is 4.61. The first kappa shape index (κ1) is 16.3. The Bertz CT molecular complexity index is 680. The van der Waals surface area contributed by atoms with Crippen molar-refractivity contribution in [3.05, 3.63) is 40.9 Å². The number of nitrogens with zero attached hydrogens (tertiary/aromatic N) is 4. The molecule has 0 aromatic carbocycles. The van der Waals surface area contributed by atoms with Crippen molar-refractivity contribution in [2.45, 2.75) is 37.5 Å². The molecule has 1 saturated heterocycles. The molecule has 0 N–H and O–H groups in total. The van der Waals surface area contributed by atoms with Crippen molar-refractivity contribution in [2.24, 2.45) is 0 Å². The van der Waals surface area contributed by atoms with Crippen LogP contribution in [-0.2, 0) is 11.3 Å². The standard InChI is InChI=1S/C16H20N4OS2/c1-3-8-19-12(2)17-18-16(19)23-11-15(21)20-9-4-6-13(20)14-7-5-10-22-14/h3,5,7,10,13H,1,4,6,8-9,11H2,2H3. The van der Waals surface area contributed by atoms with Crippen LogP contribution in [0.4, 0.5) is 0 Å². The molecule has 1 amide bonds. The summed E-state index contributed by atoms with van der Waals surface area (Å²) in [6.07, 6.45) is 3.95. The van der Waals surface area contributed by atoms with Gasteiger partial charge in [0, 0.05) is 18.0 Å². The topological polar surface area (TPSA) is 51.0 Å². The third-order valence-electron chi connectivity index (χ3n) is 3.98. The van der Waals surface area contributed by atoms with Crippen molar-refractivity contribution >= 4 is 29.0 Å². The molecule has 3 heterocycles. The van der Waals surface area contributed by atoms with Gasteiger partial charge in [-0.3, -0.25) is 4.79 Å². The molecule has 5 nitrogen and oxygen atoms in total. The van der Waals surface area contributed by atoms with Crippen molar-refractivity contribution in [1.29, 1.82) is 0 Å². The van der Waals surface area contributed by atoms with Crippen LogP contribution in [0.15, 0.2) is 35.3 Å². The van der Waals surface area contributed by atoms with Crippen molar-refractivity contribution in [1.82, 2.24) is 19.7 Å². The summed E-state index contributed by atoms with van der Waals surface area (Å²) in [4.78, 5) is 15.9. The summed E-state index contributed by atoms with van der Waals surface area (Å²) in [5.74, 6) is 1.42. The Morgan fingerprint density at radius 2 is 2.43 bits per heavy atom. The van der Waals surface area contributed by atoms with Crippen LogP contribution in [0.5, 0.6) is 0 Å². The van der Waals surface area contributed by atoms with Gasteiger partial charge < -0.3 is 9.47 Å². The third-order valence-corrected chi connectivity index (χ3v) is 5.91. The molecule has 1 atom stereocenters. The molecule has 0 radical (unpaired) electrons. The second-order valence-electron chi connectivity index (χ2n) is 5.48. The van der Waals surface area contributed by atoms with E-state index in [0.717, 1.165) is 30.4 Å². The Morgan fingerprint density at radius 1 is 1.57 bits per heavy atom. The highest BCUT2D eigenvalue weighted by molar-refractivity contribution is 7.99. The molecule has 122 valence electrons. The van der Waals surface area contributed by atoms with Gasteiger partial charge >= 0.3 is 0 Å². The third kappa shape index (κ3) is 3.50.